The van der Waals surface area contributed by atoms with Gasteiger partial charge in [-0.05, 0) is 23.3 Å². The number of pyridine rings is 1. The van der Waals surface area contributed by atoms with Gasteiger partial charge in [0.2, 0.25) is 0 Å². The Morgan fingerprint density at radius 2 is 1.73 bits per heavy atom. The average Bonchev–Trinajstić information content (AvgIpc) is 3.26. The number of carbonyl (C=O) groups excluding carboxylic acids is 1. The number of fused-ring (bicyclic) bond motifs is 3. The average molecular weight is 349 g/mol. The molecule has 5 heteroatoms. The van der Waals surface area contributed by atoms with E-state index < -0.39 is 0 Å². The monoisotopic (exact) mass is 349 g/mol. The third kappa shape index (κ3) is 2.54. The van der Waals surface area contributed by atoms with Gasteiger partial charge in [-0.2, -0.15) is 0 Å². The molecule has 5 rings (SSSR count). The maximum atomic E-state index is 12.9. The Bertz CT molecular complexity index is 804. The van der Waals surface area contributed by atoms with Gasteiger partial charge in [-0.25, -0.2) is 0 Å². The van der Waals surface area contributed by atoms with Gasteiger partial charge in [0.1, 0.15) is 0 Å². The summed E-state index contributed by atoms with van der Waals surface area (Å²) in [5.74, 6) is 1.03. The molecule has 0 N–H and O–H groups in total. The van der Waals surface area contributed by atoms with Gasteiger partial charge in [0.15, 0.2) is 0 Å². The van der Waals surface area contributed by atoms with E-state index in [0.29, 0.717) is 17.9 Å². The van der Waals surface area contributed by atoms with Crippen molar-refractivity contribution in [2.75, 3.05) is 39.4 Å². The van der Waals surface area contributed by atoms with Crippen LogP contribution in [0.25, 0.3) is 0 Å². The summed E-state index contributed by atoms with van der Waals surface area (Å²) in [6.07, 6.45) is 3.38. The van der Waals surface area contributed by atoms with Gasteiger partial charge >= 0.3 is 0 Å². The van der Waals surface area contributed by atoms with E-state index in [-0.39, 0.29) is 5.91 Å². The van der Waals surface area contributed by atoms with Gasteiger partial charge in [-0.1, -0.05) is 24.3 Å². The lowest BCUT2D eigenvalue weighted by Gasteiger charge is -2.36. The smallest absolute Gasteiger partial charge is 0.253 e. The van der Waals surface area contributed by atoms with Crippen LogP contribution in [-0.2, 0) is 4.74 Å². The molecule has 5 nitrogen and oxygen atoms in total. The van der Waals surface area contributed by atoms with Crippen LogP contribution in [0.3, 0.4) is 0 Å². The molecule has 1 aromatic heterocycles. The molecule has 3 heterocycles. The molecule has 1 aliphatic carbocycles. The highest BCUT2D eigenvalue weighted by Crippen LogP contribution is 2.51. The van der Waals surface area contributed by atoms with E-state index in [9.17, 15) is 4.79 Å². The molecule has 0 radical (unpaired) electrons. The van der Waals surface area contributed by atoms with Crippen LogP contribution in [0.2, 0.25) is 0 Å². The number of morpholine rings is 1. The van der Waals surface area contributed by atoms with Crippen molar-refractivity contribution in [3.8, 4) is 0 Å². The fraction of sp³-hybridized carbons (Fsp3) is 0.429. The van der Waals surface area contributed by atoms with Crippen molar-refractivity contribution in [3.63, 3.8) is 0 Å². The van der Waals surface area contributed by atoms with Crippen LogP contribution in [0.15, 0.2) is 48.8 Å². The number of amides is 1. The highest BCUT2D eigenvalue weighted by molar-refractivity contribution is 5.94. The maximum absolute atomic E-state index is 12.9. The molecule has 1 amide bonds. The van der Waals surface area contributed by atoms with Gasteiger partial charge in [-0.3, -0.25) is 14.7 Å². The van der Waals surface area contributed by atoms with Crippen molar-refractivity contribution < 1.29 is 9.53 Å². The normalized spacial score (nSPS) is 28.0. The Morgan fingerprint density at radius 3 is 2.50 bits per heavy atom. The zero-order chi connectivity index (χ0) is 17.5. The summed E-state index contributed by atoms with van der Waals surface area (Å²) >= 11 is 0. The molecule has 26 heavy (non-hydrogen) atoms. The molecular weight excluding hydrogens is 326 g/mol. The zero-order valence-electron chi connectivity index (χ0n) is 14.8. The van der Waals surface area contributed by atoms with Crippen molar-refractivity contribution >= 4 is 5.91 Å². The third-order valence-corrected chi connectivity index (χ3v) is 6.14. The predicted octanol–water partition coefficient (Wildman–Crippen LogP) is 2.32. The van der Waals surface area contributed by atoms with Crippen LogP contribution in [0, 0.1) is 5.92 Å². The zero-order valence-corrected chi connectivity index (χ0v) is 14.8. The van der Waals surface area contributed by atoms with E-state index in [1.54, 1.807) is 12.4 Å². The Labute approximate surface area is 153 Å². The van der Waals surface area contributed by atoms with Gasteiger partial charge in [0, 0.05) is 62.0 Å². The topological polar surface area (TPSA) is 45.7 Å². The maximum Gasteiger partial charge on any atom is 0.253 e. The minimum absolute atomic E-state index is 0.125. The van der Waals surface area contributed by atoms with Crippen LogP contribution >= 0.6 is 0 Å². The minimum Gasteiger partial charge on any atom is -0.379 e. The van der Waals surface area contributed by atoms with Crippen LogP contribution in [0.1, 0.15) is 33.4 Å². The van der Waals surface area contributed by atoms with Crippen molar-refractivity contribution in [3.05, 3.63) is 65.5 Å². The lowest BCUT2D eigenvalue weighted by molar-refractivity contribution is 0.00482. The summed E-state index contributed by atoms with van der Waals surface area (Å²) in [5.41, 5.74) is 3.62. The Kier molecular flexibility index (Phi) is 3.98. The molecular formula is C21H23N3O2. The Morgan fingerprint density at radius 1 is 1.00 bits per heavy atom. The number of ether oxygens (including phenoxy) is 1. The lowest BCUT2D eigenvalue weighted by atomic mass is 9.93. The summed E-state index contributed by atoms with van der Waals surface area (Å²) in [6.45, 7) is 5.18. The summed E-state index contributed by atoms with van der Waals surface area (Å²) in [7, 11) is 0. The van der Waals surface area contributed by atoms with Crippen molar-refractivity contribution in [1.29, 1.82) is 0 Å². The van der Waals surface area contributed by atoms with Gasteiger partial charge in [0.05, 0.1) is 13.2 Å². The first-order chi connectivity index (χ1) is 12.8. The fourth-order valence-electron chi connectivity index (χ4n) is 4.99. The number of hydrogen-bond donors (Lipinski definition) is 0. The second kappa shape index (κ2) is 6.49. The van der Waals surface area contributed by atoms with E-state index in [0.717, 1.165) is 45.0 Å². The summed E-state index contributed by atoms with van der Waals surface area (Å²) in [5, 5.41) is 0. The molecule has 1 aromatic carbocycles. The van der Waals surface area contributed by atoms with Crippen LogP contribution < -0.4 is 0 Å². The van der Waals surface area contributed by atoms with Gasteiger partial charge < -0.3 is 9.64 Å². The number of hydrogen-bond acceptors (Lipinski definition) is 4. The summed E-state index contributed by atoms with van der Waals surface area (Å²) in [4.78, 5) is 21.6. The first-order valence-electron chi connectivity index (χ1n) is 9.43. The molecule has 0 saturated carbocycles. The molecule has 2 fully saturated rings. The molecule has 2 aromatic rings. The molecule has 3 atom stereocenters. The fourth-order valence-corrected chi connectivity index (χ4v) is 4.99. The summed E-state index contributed by atoms with van der Waals surface area (Å²) in [6, 6.07) is 12.8. The predicted molar refractivity (Wildman–Crippen MR) is 97.9 cm³/mol. The van der Waals surface area contributed by atoms with Crippen molar-refractivity contribution in [2.24, 2.45) is 5.92 Å². The molecule has 2 saturated heterocycles. The quantitative estimate of drug-likeness (QED) is 0.835. The number of likely N-dealkylation sites (tertiary alicyclic amines) is 1. The molecule has 3 aliphatic rings. The standard InChI is InChI=1S/C21H23N3O2/c25-21(15-5-7-22-8-6-15)24-13-18-16-3-1-2-4-17(16)20(19(18)14-24)23-9-11-26-12-10-23/h1-8,18-20H,9-14H2/t18-,19-,20-/m0/s1. The van der Waals surface area contributed by atoms with E-state index in [4.69, 9.17) is 4.74 Å². The van der Waals surface area contributed by atoms with E-state index >= 15 is 0 Å². The highest BCUT2D eigenvalue weighted by Gasteiger charge is 2.49. The lowest BCUT2D eigenvalue weighted by Crippen LogP contribution is -2.42. The second-order valence-corrected chi connectivity index (χ2v) is 7.44. The Balaban J connectivity index is 1.45. The van der Waals surface area contributed by atoms with Gasteiger partial charge in [-0.15, -0.1) is 0 Å². The third-order valence-electron chi connectivity index (χ3n) is 6.14. The minimum atomic E-state index is 0.125. The summed E-state index contributed by atoms with van der Waals surface area (Å²) < 4.78 is 5.56. The van der Waals surface area contributed by atoms with Crippen LogP contribution in [-0.4, -0.2) is 60.1 Å². The van der Waals surface area contributed by atoms with Crippen molar-refractivity contribution in [1.82, 2.24) is 14.8 Å². The number of aromatic nitrogens is 1. The van der Waals surface area contributed by atoms with E-state index in [1.165, 1.54) is 11.1 Å². The highest BCUT2D eigenvalue weighted by atomic mass is 16.5. The van der Waals surface area contributed by atoms with Gasteiger partial charge in [0.25, 0.3) is 5.91 Å². The van der Waals surface area contributed by atoms with Crippen LogP contribution in [0.5, 0.6) is 0 Å². The second-order valence-electron chi connectivity index (χ2n) is 7.44. The van der Waals surface area contributed by atoms with Crippen molar-refractivity contribution in [2.45, 2.75) is 12.0 Å². The SMILES string of the molecule is O=C(c1ccncc1)N1C[C@H]2[C@@H](C1)c1ccccc1[C@@H]2N1CCOCC1. The first kappa shape index (κ1) is 16.0. The van der Waals surface area contributed by atoms with E-state index in [1.807, 2.05) is 17.0 Å². The molecule has 0 unspecified atom stereocenters. The molecule has 0 spiro atoms. The Hall–Kier alpha value is -2.24. The molecule has 134 valence electrons. The van der Waals surface area contributed by atoms with Crippen LogP contribution in [0.4, 0.5) is 0 Å². The molecule has 2 aliphatic heterocycles. The number of carbonyl (C=O) groups is 1. The largest absolute Gasteiger partial charge is 0.379 e. The van der Waals surface area contributed by atoms with E-state index in [2.05, 4.69) is 34.1 Å². The number of benzene rings is 1. The first-order valence-corrected chi connectivity index (χ1v) is 9.43. The number of rotatable bonds is 2. The molecule has 0 bridgehead atoms. The number of nitrogens with zero attached hydrogens (tertiary/aromatic N) is 3.